The van der Waals surface area contributed by atoms with Crippen molar-refractivity contribution < 1.29 is 39.2 Å². The summed E-state index contributed by atoms with van der Waals surface area (Å²) in [5, 5.41) is 39.2. The number of allylic oxidation sites excluding steroid dienone is 1. The normalized spacial score (nSPS) is 15.6. The van der Waals surface area contributed by atoms with E-state index in [1.165, 1.54) is 4.90 Å². The summed E-state index contributed by atoms with van der Waals surface area (Å²) in [5.74, 6) is -0.0521. The van der Waals surface area contributed by atoms with E-state index in [1.54, 1.807) is 35.6 Å². The number of phenolic OH excluding ortho intramolecular Hbond substituents is 2. The zero-order valence-electron chi connectivity index (χ0n) is 39.7. The Morgan fingerprint density at radius 1 is 0.794 bits per heavy atom. The number of carbonyl (C=O) groups is 4. The lowest BCUT2D eigenvalue weighted by molar-refractivity contribution is -0.144. The van der Waals surface area contributed by atoms with Crippen molar-refractivity contribution in [1.82, 2.24) is 25.8 Å². The van der Waals surface area contributed by atoms with Crippen LogP contribution in [-0.2, 0) is 25.7 Å². The SMILES string of the molecule is CC/C(=C(\c1ccc(O)cc1)c1ccc(OCCNC(=O)CCCCCCC(=O)N[C@H](C(=O)N2C[C@H](O)C[C@H]2C(=O)NCc2ccc(-c3scnc3C)cc2)C(C)(C)C)cc1)c1ccc(O)cc1. The molecule has 0 spiro atoms. The third kappa shape index (κ3) is 14.0. The zero-order valence-corrected chi connectivity index (χ0v) is 40.5. The number of ether oxygens (including phenoxy) is 1. The summed E-state index contributed by atoms with van der Waals surface area (Å²) >= 11 is 1.57. The van der Waals surface area contributed by atoms with Crippen molar-refractivity contribution in [2.75, 3.05) is 19.7 Å². The Balaban J connectivity index is 0.893. The topological polar surface area (TPSA) is 190 Å². The minimum atomic E-state index is -0.900. The number of β-amino-alcohol motifs (C(OH)–C–C–N with tert-alkyl or cyclic N) is 1. The second-order valence-corrected chi connectivity index (χ2v) is 19.2. The van der Waals surface area contributed by atoms with Crippen molar-refractivity contribution in [3.05, 3.63) is 131 Å². The Kier molecular flexibility index (Phi) is 17.9. The molecule has 1 aliphatic rings. The van der Waals surface area contributed by atoms with Crippen LogP contribution in [0, 0.1) is 12.3 Å². The highest BCUT2D eigenvalue weighted by Gasteiger charge is 2.44. The number of hydrogen-bond donors (Lipinski definition) is 6. The number of thiazole rings is 1. The molecule has 4 aromatic carbocycles. The molecule has 0 unspecified atom stereocenters. The van der Waals surface area contributed by atoms with Gasteiger partial charge in [0.15, 0.2) is 0 Å². The molecule has 14 heteroatoms. The lowest BCUT2D eigenvalue weighted by Gasteiger charge is -2.35. The molecular formula is C54H65N5O8S. The van der Waals surface area contributed by atoms with Gasteiger partial charge in [0.05, 0.1) is 28.7 Å². The number of nitrogens with zero attached hydrogens (tertiary/aromatic N) is 2. The number of amides is 4. The van der Waals surface area contributed by atoms with Crippen molar-refractivity contribution in [3.8, 4) is 27.7 Å². The maximum Gasteiger partial charge on any atom is 0.246 e. The van der Waals surface area contributed by atoms with Crippen LogP contribution in [0.25, 0.3) is 21.6 Å². The standard InChI is InChI=1S/C54H65N5O8S/c1-6-45(37-17-23-41(60)24-18-37)49(38-19-25-42(61)26-20-38)39-21-27-44(28-22-39)67-30-29-55-47(63)11-9-7-8-10-12-48(64)58-51(54(3,4)5)53(66)59-33-43(62)31-46(59)52(65)56-32-36-13-15-40(16-14-36)50-35(2)57-34-68-50/h13-28,34,43,46,51,60-62H,6-12,29-33H2,1-5H3,(H,55,63)(H,56,65)(H,58,64)/b49-45-/t43-,46+,51-/m1/s1. The van der Waals surface area contributed by atoms with E-state index in [1.807, 2.05) is 106 Å². The van der Waals surface area contributed by atoms with Gasteiger partial charge < -0.3 is 40.9 Å². The first kappa shape index (κ1) is 50.9. The average molecular weight is 944 g/mol. The molecule has 0 aliphatic carbocycles. The van der Waals surface area contributed by atoms with Crippen molar-refractivity contribution >= 4 is 46.1 Å². The van der Waals surface area contributed by atoms with Gasteiger partial charge in [0, 0.05) is 32.4 Å². The Morgan fingerprint density at radius 3 is 1.96 bits per heavy atom. The number of benzene rings is 4. The molecule has 13 nitrogen and oxygen atoms in total. The second-order valence-electron chi connectivity index (χ2n) is 18.4. The van der Waals surface area contributed by atoms with E-state index in [2.05, 4.69) is 27.9 Å². The van der Waals surface area contributed by atoms with Crippen LogP contribution < -0.4 is 20.7 Å². The van der Waals surface area contributed by atoms with E-state index in [0.29, 0.717) is 38.2 Å². The monoisotopic (exact) mass is 943 g/mol. The molecule has 1 fully saturated rings. The van der Waals surface area contributed by atoms with Crippen LogP contribution in [0.5, 0.6) is 17.2 Å². The highest BCUT2D eigenvalue weighted by atomic mass is 32.1. The number of aryl methyl sites for hydroxylation is 1. The summed E-state index contributed by atoms with van der Waals surface area (Å²) in [5.41, 5.74) is 9.08. The summed E-state index contributed by atoms with van der Waals surface area (Å²) in [7, 11) is 0. The minimum Gasteiger partial charge on any atom is -0.508 e. The quantitative estimate of drug-likeness (QED) is 0.0309. The van der Waals surface area contributed by atoms with Crippen LogP contribution in [0.3, 0.4) is 0 Å². The van der Waals surface area contributed by atoms with Gasteiger partial charge in [-0.15, -0.1) is 11.3 Å². The van der Waals surface area contributed by atoms with Crippen molar-refractivity contribution in [2.45, 2.75) is 111 Å². The van der Waals surface area contributed by atoms with E-state index in [-0.39, 0.29) is 55.2 Å². The van der Waals surface area contributed by atoms with Gasteiger partial charge in [0.25, 0.3) is 0 Å². The summed E-state index contributed by atoms with van der Waals surface area (Å²) in [6.07, 6.45) is 3.31. The fourth-order valence-electron chi connectivity index (χ4n) is 8.43. The molecule has 0 saturated carbocycles. The number of rotatable bonds is 21. The number of unbranched alkanes of at least 4 members (excludes halogenated alkanes) is 3. The third-order valence-corrected chi connectivity index (χ3v) is 13.1. The summed E-state index contributed by atoms with van der Waals surface area (Å²) in [6, 6.07) is 28.1. The third-order valence-electron chi connectivity index (χ3n) is 12.1. The Labute approximate surface area is 403 Å². The highest BCUT2D eigenvalue weighted by Crippen LogP contribution is 2.36. The number of aromatic nitrogens is 1. The van der Waals surface area contributed by atoms with Crippen LogP contribution in [0.15, 0.2) is 103 Å². The number of phenols is 2. The van der Waals surface area contributed by atoms with Crippen molar-refractivity contribution in [1.29, 1.82) is 0 Å². The maximum atomic E-state index is 14.0. The second kappa shape index (κ2) is 24.0. The number of nitrogens with one attached hydrogen (secondary N) is 3. The van der Waals surface area contributed by atoms with E-state index in [9.17, 15) is 34.5 Å². The molecule has 2 heterocycles. The molecule has 4 amide bonds. The molecule has 68 heavy (non-hydrogen) atoms. The Morgan fingerprint density at radius 2 is 1.38 bits per heavy atom. The molecule has 6 rings (SSSR count). The molecule has 0 radical (unpaired) electrons. The molecule has 360 valence electrons. The number of hydrogen-bond acceptors (Lipinski definition) is 10. The van der Waals surface area contributed by atoms with Gasteiger partial charge in [-0.3, -0.25) is 19.2 Å². The number of aliphatic hydroxyl groups excluding tert-OH is 1. The number of likely N-dealkylation sites (tertiary alicyclic amines) is 1. The first-order chi connectivity index (χ1) is 32.6. The minimum absolute atomic E-state index is 0.00359. The zero-order chi connectivity index (χ0) is 48.8. The van der Waals surface area contributed by atoms with Gasteiger partial charge in [0.1, 0.15) is 35.9 Å². The molecular weight excluding hydrogens is 879 g/mol. The lowest BCUT2D eigenvalue weighted by atomic mass is 9.85. The van der Waals surface area contributed by atoms with Gasteiger partial charge in [-0.05, 0) is 107 Å². The van der Waals surface area contributed by atoms with Crippen molar-refractivity contribution in [2.24, 2.45) is 5.41 Å². The number of aromatic hydroxyl groups is 2. The molecule has 3 atom stereocenters. The van der Waals surface area contributed by atoms with Crippen LogP contribution in [0.1, 0.15) is 107 Å². The van der Waals surface area contributed by atoms with Crippen LogP contribution >= 0.6 is 11.3 Å². The predicted molar refractivity (Wildman–Crippen MR) is 267 cm³/mol. The Hall–Kier alpha value is -6.51. The molecule has 1 saturated heterocycles. The van der Waals surface area contributed by atoms with Gasteiger partial charge in [-0.2, -0.15) is 0 Å². The lowest BCUT2D eigenvalue weighted by Crippen LogP contribution is -2.57. The van der Waals surface area contributed by atoms with Gasteiger partial charge in [0.2, 0.25) is 23.6 Å². The molecule has 1 aromatic heterocycles. The van der Waals surface area contributed by atoms with Crippen molar-refractivity contribution in [3.63, 3.8) is 0 Å². The smallest absolute Gasteiger partial charge is 0.246 e. The summed E-state index contributed by atoms with van der Waals surface area (Å²) < 4.78 is 5.95. The fraction of sp³-hybridized carbons (Fsp3) is 0.389. The van der Waals surface area contributed by atoms with Gasteiger partial charge in [-0.25, -0.2) is 4.98 Å². The van der Waals surface area contributed by atoms with Crippen LogP contribution in [0.2, 0.25) is 0 Å². The van der Waals surface area contributed by atoms with E-state index < -0.39 is 29.5 Å². The maximum absolute atomic E-state index is 14.0. The number of carbonyl (C=O) groups excluding carboxylic acids is 4. The summed E-state index contributed by atoms with van der Waals surface area (Å²) in [4.78, 5) is 60.0. The number of aliphatic hydroxyl groups is 1. The van der Waals surface area contributed by atoms with Gasteiger partial charge in [-0.1, -0.05) is 101 Å². The molecule has 1 aliphatic heterocycles. The first-order valence-electron chi connectivity index (χ1n) is 23.5. The van der Waals surface area contributed by atoms with Crippen LogP contribution in [-0.4, -0.2) is 86.7 Å². The molecule has 0 bridgehead atoms. The average Bonchev–Trinajstić information content (AvgIpc) is 3.94. The largest absolute Gasteiger partial charge is 0.508 e. The fourth-order valence-corrected chi connectivity index (χ4v) is 9.25. The van der Waals surface area contributed by atoms with E-state index in [4.69, 9.17) is 4.74 Å². The van der Waals surface area contributed by atoms with E-state index in [0.717, 1.165) is 68.8 Å². The predicted octanol–water partition coefficient (Wildman–Crippen LogP) is 8.54. The van der Waals surface area contributed by atoms with E-state index >= 15 is 0 Å². The molecule has 6 N–H and O–H groups in total. The highest BCUT2D eigenvalue weighted by molar-refractivity contribution is 7.13. The van der Waals surface area contributed by atoms with Crippen LogP contribution in [0.4, 0.5) is 0 Å². The van der Waals surface area contributed by atoms with Gasteiger partial charge >= 0.3 is 0 Å². The summed E-state index contributed by atoms with van der Waals surface area (Å²) in [6.45, 7) is 10.6. The first-order valence-corrected chi connectivity index (χ1v) is 24.4. The Bertz CT molecular complexity index is 2500. The molecule has 5 aromatic rings.